The monoisotopic (exact) mass is 299 g/mol. The molecule has 4 heteroatoms. The number of aliphatic hydroxyl groups is 1. The second-order valence-electron chi connectivity index (χ2n) is 5.08. The van der Waals surface area contributed by atoms with Gasteiger partial charge in [-0.15, -0.1) is 0 Å². The zero-order valence-electron chi connectivity index (χ0n) is 12.7. The zero-order chi connectivity index (χ0) is 15.8. The summed E-state index contributed by atoms with van der Waals surface area (Å²) in [5.74, 6) is 0.670. The second-order valence-corrected chi connectivity index (χ2v) is 5.08. The van der Waals surface area contributed by atoms with Crippen LogP contribution in [-0.2, 0) is 11.2 Å². The van der Waals surface area contributed by atoms with Gasteiger partial charge in [-0.25, -0.2) is 0 Å². The maximum absolute atomic E-state index is 11.8. The molecule has 22 heavy (non-hydrogen) atoms. The maximum Gasteiger partial charge on any atom is 0.222 e. The minimum Gasteiger partial charge on any atom is -0.497 e. The molecule has 1 unspecified atom stereocenters. The van der Waals surface area contributed by atoms with E-state index in [-0.39, 0.29) is 12.3 Å². The molecule has 0 heterocycles. The molecule has 0 radical (unpaired) electrons. The van der Waals surface area contributed by atoms with Crippen LogP contribution >= 0.6 is 0 Å². The summed E-state index contributed by atoms with van der Waals surface area (Å²) in [6.45, 7) is 0.548. The molecule has 0 aliphatic heterocycles. The van der Waals surface area contributed by atoms with Crippen LogP contribution in [0.15, 0.2) is 54.6 Å². The average molecular weight is 299 g/mol. The number of carbonyl (C=O) groups is 1. The molecule has 2 aromatic rings. The van der Waals surface area contributed by atoms with Crippen LogP contribution in [0, 0.1) is 0 Å². The van der Waals surface area contributed by atoms with Crippen molar-refractivity contribution in [2.24, 2.45) is 0 Å². The number of rotatable bonds is 7. The van der Waals surface area contributed by atoms with Gasteiger partial charge in [0.15, 0.2) is 0 Å². The molecular weight excluding hydrogens is 278 g/mol. The molecule has 0 saturated carbocycles. The summed E-state index contributed by atoms with van der Waals surface area (Å²) in [6.07, 6.45) is 0.0613. The summed E-state index contributed by atoms with van der Waals surface area (Å²) in [5.41, 5.74) is 1.89. The van der Waals surface area contributed by atoms with E-state index in [1.807, 2.05) is 54.6 Å². The Morgan fingerprint density at radius 3 is 2.45 bits per heavy atom. The first-order chi connectivity index (χ1) is 10.7. The summed E-state index contributed by atoms with van der Waals surface area (Å²) in [5, 5.41) is 12.8. The van der Waals surface area contributed by atoms with Crippen LogP contribution in [0.1, 0.15) is 23.7 Å². The third-order valence-corrected chi connectivity index (χ3v) is 3.46. The molecule has 0 saturated heterocycles. The van der Waals surface area contributed by atoms with E-state index < -0.39 is 6.10 Å². The first-order valence-electron chi connectivity index (χ1n) is 7.31. The van der Waals surface area contributed by atoms with Gasteiger partial charge < -0.3 is 15.2 Å². The number of hydrogen-bond donors (Lipinski definition) is 2. The third-order valence-electron chi connectivity index (χ3n) is 3.46. The number of nitrogens with one attached hydrogen (secondary N) is 1. The van der Waals surface area contributed by atoms with Crippen LogP contribution in [0.5, 0.6) is 5.75 Å². The minimum atomic E-state index is -0.762. The van der Waals surface area contributed by atoms with E-state index in [1.165, 1.54) is 0 Å². The van der Waals surface area contributed by atoms with E-state index in [1.54, 1.807) is 7.11 Å². The lowest BCUT2D eigenvalue weighted by Gasteiger charge is -2.11. The molecule has 1 atom stereocenters. The standard InChI is InChI=1S/C18H21NO3/c1-22-16-9-7-14(8-10-16)11-12-19-18(21)13-17(20)15-5-3-2-4-6-15/h2-10,17,20H,11-13H2,1H3,(H,19,21). The van der Waals surface area contributed by atoms with Crippen molar-refractivity contribution in [3.8, 4) is 5.75 Å². The first kappa shape index (κ1) is 16.0. The Morgan fingerprint density at radius 1 is 1.14 bits per heavy atom. The van der Waals surface area contributed by atoms with Gasteiger partial charge in [0.25, 0.3) is 0 Å². The van der Waals surface area contributed by atoms with Crippen molar-refractivity contribution < 1.29 is 14.6 Å². The number of benzene rings is 2. The van der Waals surface area contributed by atoms with Gasteiger partial charge in [0.05, 0.1) is 19.6 Å². The highest BCUT2D eigenvalue weighted by Crippen LogP contribution is 2.15. The summed E-state index contributed by atoms with van der Waals surface area (Å²) in [4.78, 5) is 11.8. The van der Waals surface area contributed by atoms with E-state index >= 15 is 0 Å². The van der Waals surface area contributed by atoms with Gasteiger partial charge in [0, 0.05) is 6.54 Å². The fourth-order valence-electron chi connectivity index (χ4n) is 2.18. The second kappa shape index (κ2) is 8.20. The third kappa shape index (κ3) is 4.90. The zero-order valence-corrected chi connectivity index (χ0v) is 12.7. The Morgan fingerprint density at radius 2 is 1.82 bits per heavy atom. The molecule has 0 aromatic heterocycles. The average Bonchev–Trinajstić information content (AvgIpc) is 2.56. The molecule has 0 aliphatic carbocycles. The Balaban J connectivity index is 1.73. The van der Waals surface area contributed by atoms with Gasteiger partial charge in [-0.1, -0.05) is 42.5 Å². The fourth-order valence-corrected chi connectivity index (χ4v) is 2.18. The number of aliphatic hydroxyl groups excluding tert-OH is 1. The van der Waals surface area contributed by atoms with Crippen molar-refractivity contribution in [3.05, 3.63) is 65.7 Å². The highest BCUT2D eigenvalue weighted by atomic mass is 16.5. The molecule has 1 amide bonds. The summed E-state index contributed by atoms with van der Waals surface area (Å²) in [6, 6.07) is 17.0. The highest BCUT2D eigenvalue weighted by molar-refractivity contribution is 5.76. The predicted molar refractivity (Wildman–Crippen MR) is 85.7 cm³/mol. The van der Waals surface area contributed by atoms with E-state index in [4.69, 9.17) is 4.74 Å². The molecule has 2 N–H and O–H groups in total. The number of hydrogen-bond acceptors (Lipinski definition) is 3. The van der Waals surface area contributed by atoms with Crippen LogP contribution < -0.4 is 10.1 Å². The van der Waals surface area contributed by atoms with Gasteiger partial charge in [0.1, 0.15) is 5.75 Å². The number of ether oxygens (including phenoxy) is 1. The van der Waals surface area contributed by atoms with Crippen molar-refractivity contribution in [1.29, 1.82) is 0 Å². The molecular formula is C18H21NO3. The first-order valence-corrected chi connectivity index (χ1v) is 7.31. The Bertz CT molecular complexity index is 581. The molecule has 0 bridgehead atoms. The predicted octanol–water partition coefficient (Wildman–Crippen LogP) is 2.48. The summed E-state index contributed by atoms with van der Waals surface area (Å²) < 4.78 is 5.10. The lowest BCUT2D eigenvalue weighted by atomic mass is 10.1. The fraction of sp³-hybridized carbons (Fsp3) is 0.278. The molecule has 0 fully saturated rings. The molecule has 0 spiro atoms. The number of amides is 1. The number of methoxy groups -OCH3 is 1. The van der Waals surface area contributed by atoms with Gasteiger partial charge >= 0.3 is 0 Å². The van der Waals surface area contributed by atoms with Crippen LogP contribution in [0.4, 0.5) is 0 Å². The Kier molecular flexibility index (Phi) is 5.98. The Hall–Kier alpha value is -2.33. The SMILES string of the molecule is COc1ccc(CCNC(=O)CC(O)c2ccccc2)cc1. The largest absolute Gasteiger partial charge is 0.497 e. The van der Waals surface area contributed by atoms with Crippen molar-refractivity contribution >= 4 is 5.91 Å². The lowest BCUT2D eigenvalue weighted by Crippen LogP contribution is -2.27. The number of carbonyl (C=O) groups excluding carboxylic acids is 1. The highest BCUT2D eigenvalue weighted by Gasteiger charge is 2.12. The van der Waals surface area contributed by atoms with Gasteiger partial charge in [-0.05, 0) is 29.7 Å². The van der Waals surface area contributed by atoms with Gasteiger partial charge in [-0.3, -0.25) is 4.79 Å². The van der Waals surface area contributed by atoms with Crippen LogP contribution in [-0.4, -0.2) is 24.7 Å². The van der Waals surface area contributed by atoms with E-state index in [0.717, 1.165) is 23.3 Å². The quantitative estimate of drug-likeness (QED) is 0.826. The molecule has 0 aliphatic rings. The molecule has 4 nitrogen and oxygen atoms in total. The van der Waals surface area contributed by atoms with Crippen molar-refractivity contribution in [2.45, 2.75) is 18.9 Å². The summed E-state index contributed by atoms with van der Waals surface area (Å²) >= 11 is 0. The van der Waals surface area contributed by atoms with E-state index in [9.17, 15) is 9.90 Å². The van der Waals surface area contributed by atoms with Gasteiger partial charge in [-0.2, -0.15) is 0 Å². The molecule has 2 aromatic carbocycles. The van der Waals surface area contributed by atoms with Gasteiger partial charge in [0.2, 0.25) is 5.91 Å². The topological polar surface area (TPSA) is 58.6 Å². The van der Waals surface area contributed by atoms with Crippen molar-refractivity contribution in [2.75, 3.05) is 13.7 Å². The smallest absolute Gasteiger partial charge is 0.222 e. The normalized spacial score (nSPS) is 11.7. The Labute approximate surface area is 130 Å². The van der Waals surface area contributed by atoms with E-state index in [0.29, 0.717) is 6.54 Å². The minimum absolute atomic E-state index is 0.0760. The van der Waals surface area contributed by atoms with E-state index in [2.05, 4.69) is 5.32 Å². The molecule has 2 rings (SSSR count). The molecule has 116 valence electrons. The van der Waals surface area contributed by atoms with Crippen LogP contribution in [0.2, 0.25) is 0 Å². The van der Waals surface area contributed by atoms with Crippen molar-refractivity contribution in [1.82, 2.24) is 5.32 Å². The lowest BCUT2D eigenvalue weighted by molar-refractivity contribution is -0.123. The van der Waals surface area contributed by atoms with Crippen LogP contribution in [0.25, 0.3) is 0 Å². The van der Waals surface area contributed by atoms with Crippen LogP contribution in [0.3, 0.4) is 0 Å². The maximum atomic E-state index is 11.8. The summed E-state index contributed by atoms with van der Waals surface area (Å²) in [7, 11) is 1.63. The van der Waals surface area contributed by atoms with Crippen molar-refractivity contribution in [3.63, 3.8) is 0 Å².